The third-order valence-electron chi connectivity index (χ3n) is 3.73. The van der Waals surface area contributed by atoms with Crippen molar-refractivity contribution in [3.05, 3.63) is 33.3 Å². The molecule has 116 valence electrons. The molecular formula is C15H19BrClNO3. The van der Waals surface area contributed by atoms with Crippen LogP contribution in [0, 0.1) is 5.92 Å². The summed E-state index contributed by atoms with van der Waals surface area (Å²) in [5.41, 5.74) is 0.996. The molecule has 1 saturated heterocycles. The molecule has 1 N–H and O–H groups in total. The molecule has 1 aliphatic heterocycles. The smallest absolute Gasteiger partial charge is 0.310 e. The Bertz CT molecular complexity index is 512. The Morgan fingerprint density at radius 3 is 2.95 bits per heavy atom. The molecule has 0 bridgehead atoms. The molecule has 6 heteroatoms. The van der Waals surface area contributed by atoms with E-state index in [1.165, 1.54) is 0 Å². The predicted molar refractivity (Wildman–Crippen MR) is 85.6 cm³/mol. The van der Waals surface area contributed by atoms with Gasteiger partial charge in [-0.25, -0.2) is 0 Å². The van der Waals surface area contributed by atoms with Gasteiger partial charge in [-0.15, -0.1) is 0 Å². The van der Waals surface area contributed by atoms with Gasteiger partial charge in [0.2, 0.25) is 0 Å². The highest BCUT2D eigenvalue weighted by molar-refractivity contribution is 9.10. The van der Waals surface area contributed by atoms with Crippen LogP contribution in [0.2, 0.25) is 5.02 Å². The fourth-order valence-electron chi connectivity index (χ4n) is 2.67. The molecule has 2 unspecified atom stereocenters. The number of carboxylic acid groups (broad SMARTS) is 1. The standard InChI is InChI=1S/C15H19BrClNO3/c1-2-5-18(14-9-21-8-12(14)15(19)20)7-10-6-11(16)3-4-13(10)17/h3-4,6,12,14H,2,5,7-9H2,1H3,(H,19,20). The van der Waals surface area contributed by atoms with Crippen molar-refractivity contribution >= 4 is 33.5 Å². The van der Waals surface area contributed by atoms with Gasteiger partial charge in [-0.2, -0.15) is 0 Å². The van der Waals surface area contributed by atoms with Crippen LogP contribution in [0.25, 0.3) is 0 Å². The van der Waals surface area contributed by atoms with Crippen LogP contribution in [0.3, 0.4) is 0 Å². The zero-order chi connectivity index (χ0) is 15.4. The first-order valence-corrected chi connectivity index (χ1v) is 8.18. The van der Waals surface area contributed by atoms with Crippen molar-refractivity contribution in [2.24, 2.45) is 5.92 Å². The highest BCUT2D eigenvalue weighted by Gasteiger charge is 2.37. The van der Waals surface area contributed by atoms with E-state index in [9.17, 15) is 9.90 Å². The van der Waals surface area contributed by atoms with Crippen LogP contribution in [0.5, 0.6) is 0 Å². The summed E-state index contributed by atoms with van der Waals surface area (Å²) in [4.78, 5) is 13.5. The van der Waals surface area contributed by atoms with Crippen LogP contribution >= 0.6 is 27.5 Å². The molecule has 21 heavy (non-hydrogen) atoms. The van der Waals surface area contributed by atoms with E-state index in [1.54, 1.807) is 0 Å². The van der Waals surface area contributed by atoms with E-state index in [2.05, 4.69) is 27.8 Å². The maximum Gasteiger partial charge on any atom is 0.310 e. The zero-order valence-corrected chi connectivity index (χ0v) is 14.2. The Morgan fingerprint density at radius 2 is 2.29 bits per heavy atom. The molecule has 1 aliphatic rings. The van der Waals surface area contributed by atoms with Crippen LogP contribution < -0.4 is 0 Å². The van der Waals surface area contributed by atoms with Gasteiger partial charge in [-0.1, -0.05) is 34.5 Å². The number of ether oxygens (including phenoxy) is 1. The summed E-state index contributed by atoms with van der Waals surface area (Å²) < 4.78 is 6.35. The van der Waals surface area contributed by atoms with Gasteiger partial charge in [0.1, 0.15) is 0 Å². The fourth-order valence-corrected chi connectivity index (χ4v) is 3.26. The minimum Gasteiger partial charge on any atom is -0.481 e. The van der Waals surface area contributed by atoms with Crippen molar-refractivity contribution in [2.45, 2.75) is 25.9 Å². The second kappa shape index (κ2) is 7.58. The van der Waals surface area contributed by atoms with E-state index in [0.717, 1.165) is 23.0 Å². The van der Waals surface area contributed by atoms with E-state index in [-0.39, 0.29) is 12.6 Å². The van der Waals surface area contributed by atoms with E-state index in [4.69, 9.17) is 16.3 Å². The Kier molecular flexibility index (Phi) is 6.05. The second-order valence-corrected chi connectivity index (χ2v) is 6.58. The number of aliphatic carboxylic acids is 1. The molecule has 0 radical (unpaired) electrons. The van der Waals surface area contributed by atoms with Gasteiger partial charge >= 0.3 is 5.97 Å². The molecule has 1 aromatic carbocycles. The number of carboxylic acids is 1. The predicted octanol–water partition coefficient (Wildman–Crippen LogP) is 3.41. The summed E-state index contributed by atoms with van der Waals surface area (Å²) in [7, 11) is 0. The first kappa shape index (κ1) is 16.7. The Balaban J connectivity index is 2.18. The third-order valence-corrected chi connectivity index (χ3v) is 4.59. The van der Waals surface area contributed by atoms with Crippen molar-refractivity contribution < 1.29 is 14.6 Å². The van der Waals surface area contributed by atoms with Crippen LogP contribution in [-0.2, 0) is 16.1 Å². The third kappa shape index (κ3) is 4.19. The minimum absolute atomic E-state index is 0.0995. The van der Waals surface area contributed by atoms with Gasteiger partial charge in [0, 0.05) is 22.1 Å². The number of nitrogens with zero attached hydrogens (tertiary/aromatic N) is 1. The zero-order valence-electron chi connectivity index (χ0n) is 11.9. The van der Waals surface area contributed by atoms with Gasteiger partial charge in [-0.05, 0) is 36.7 Å². The van der Waals surface area contributed by atoms with Gasteiger partial charge < -0.3 is 9.84 Å². The van der Waals surface area contributed by atoms with Crippen molar-refractivity contribution in [3.8, 4) is 0 Å². The molecular weight excluding hydrogens is 358 g/mol. The summed E-state index contributed by atoms with van der Waals surface area (Å²) in [6.07, 6.45) is 0.953. The number of rotatable bonds is 6. The highest BCUT2D eigenvalue weighted by Crippen LogP contribution is 2.26. The van der Waals surface area contributed by atoms with Crippen molar-refractivity contribution in [1.82, 2.24) is 4.90 Å². The lowest BCUT2D eigenvalue weighted by atomic mass is 10.0. The van der Waals surface area contributed by atoms with E-state index >= 15 is 0 Å². The van der Waals surface area contributed by atoms with Crippen LogP contribution in [0.15, 0.2) is 22.7 Å². The quantitative estimate of drug-likeness (QED) is 0.826. The molecule has 0 saturated carbocycles. The van der Waals surface area contributed by atoms with E-state index in [1.807, 2.05) is 18.2 Å². The lowest BCUT2D eigenvalue weighted by Gasteiger charge is -2.30. The average Bonchev–Trinajstić information content (AvgIpc) is 2.91. The maximum atomic E-state index is 11.4. The number of halogens is 2. The number of carbonyl (C=O) groups is 1. The van der Waals surface area contributed by atoms with E-state index in [0.29, 0.717) is 18.2 Å². The second-order valence-electron chi connectivity index (χ2n) is 5.26. The van der Waals surface area contributed by atoms with Gasteiger partial charge in [-0.3, -0.25) is 9.69 Å². The van der Waals surface area contributed by atoms with Gasteiger partial charge in [0.05, 0.1) is 19.1 Å². The number of hydrogen-bond acceptors (Lipinski definition) is 3. The normalized spacial score (nSPS) is 21.9. The van der Waals surface area contributed by atoms with Crippen LogP contribution in [0.1, 0.15) is 18.9 Å². The Hall–Kier alpha value is -0.620. The lowest BCUT2D eigenvalue weighted by molar-refractivity contribution is -0.143. The summed E-state index contributed by atoms with van der Waals surface area (Å²) in [5.74, 6) is -1.26. The van der Waals surface area contributed by atoms with E-state index < -0.39 is 11.9 Å². The minimum atomic E-state index is -0.793. The van der Waals surface area contributed by atoms with Gasteiger partial charge in [0.15, 0.2) is 0 Å². The largest absolute Gasteiger partial charge is 0.481 e. The molecule has 2 atom stereocenters. The SMILES string of the molecule is CCCN(Cc1cc(Br)ccc1Cl)C1COCC1C(=O)O. The maximum absolute atomic E-state index is 11.4. The van der Waals surface area contributed by atoms with Crippen molar-refractivity contribution in [2.75, 3.05) is 19.8 Å². The summed E-state index contributed by atoms with van der Waals surface area (Å²) >= 11 is 9.70. The van der Waals surface area contributed by atoms with Gasteiger partial charge in [0.25, 0.3) is 0 Å². The lowest BCUT2D eigenvalue weighted by Crippen LogP contribution is -2.43. The molecule has 1 aromatic rings. The molecule has 1 heterocycles. The van der Waals surface area contributed by atoms with Crippen molar-refractivity contribution in [1.29, 1.82) is 0 Å². The number of benzene rings is 1. The highest BCUT2D eigenvalue weighted by atomic mass is 79.9. The Morgan fingerprint density at radius 1 is 1.52 bits per heavy atom. The molecule has 4 nitrogen and oxygen atoms in total. The molecule has 0 aliphatic carbocycles. The first-order chi connectivity index (χ1) is 10.0. The topological polar surface area (TPSA) is 49.8 Å². The fraction of sp³-hybridized carbons (Fsp3) is 0.533. The van der Waals surface area contributed by atoms with Crippen molar-refractivity contribution in [3.63, 3.8) is 0 Å². The molecule has 1 fully saturated rings. The average molecular weight is 377 g/mol. The monoisotopic (exact) mass is 375 g/mol. The van der Waals surface area contributed by atoms with Crippen LogP contribution in [-0.4, -0.2) is 41.8 Å². The first-order valence-electron chi connectivity index (χ1n) is 7.01. The summed E-state index contributed by atoms with van der Waals surface area (Å²) in [5, 5.41) is 10.0. The Labute approximate surface area is 138 Å². The summed E-state index contributed by atoms with van der Waals surface area (Å²) in [6.45, 7) is 4.28. The molecule has 2 rings (SSSR count). The molecule has 0 aromatic heterocycles. The molecule has 0 spiro atoms. The summed E-state index contributed by atoms with van der Waals surface area (Å²) in [6, 6.07) is 5.63. The van der Waals surface area contributed by atoms with Crippen LogP contribution in [0.4, 0.5) is 0 Å². The number of hydrogen-bond donors (Lipinski definition) is 1. The molecule has 0 amide bonds.